The molecule has 0 aliphatic carbocycles. The van der Waals surface area contributed by atoms with E-state index in [0.717, 1.165) is 50.4 Å². The summed E-state index contributed by atoms with van der Waals surface area (Å²) in [5, 5.41) is 19.3. The average Bonchev–Trinajstić information content (AvgIpc) is 3.36. The summed E-state index contributed by atoms with van der Waals surface area (Å²) in [5.41, 5.74) is 3.93. The molecule has 0 atom stereocenters. The number of amides is 1. The number of methoxy groups -OCH3 is 1. The largest absolute Gasteiger partial charge is 0.493 e. The Morgan fingerprint density at radius 2 is 1.83 bits per heavy atom. The van der Waals surface area contributed by atoms with Gasteiger partial charge in [-0.15, -0.1) is 10.2 Å². The number of carbonyl (C=O) groups excluding carboxylic acids is 1. The number of morpholine rings is 1. The lowest BCUT2D eigenvalue weighted by Crippen LogP contribution is -2.37. The number of halogens is 1. The fraction of sp³-hybridized carbons (Fsp3) is 0.314. The van der Waals surface area contributed by atoms with Crippen molar-refractivity contribution in [3.8, 4) is 28.9 Å². The molecule has 47 heavy (non-hydrogen) atoms. The molecule has 0 bridgehead atoms. The maximum absolute atomic E-state index is 15.2. The molecule has 0 spiro atoms. The van der Waals surface area contributed by atoms with Crippen LogP contribution in [-0.2, 0) is 16.0 Å². The molecule has 6 rings (SSSR count). The monoisotopic (exact) mass is 641 g/mol. The van der Waals surface area contributed by atoms with E-state index in [-0.39, 0.29) is 23.7 Å². The van der Waals surface area contributed by atoms with Crippen molar-refractivity contribution in [3.63, 3.8) is 0 Å². The van der Waals surface area contributed by atoms with Crippen molar-refractivity contribution >= 4 is 33.4 Å². The minimum absolute atomic E-state index is 0.0212. The molecule has 0 saturated carbocycles. The van der Waals surface area contributed by atoms with E-state index in [4.69, 9.17) is 18.9 Å². The summed E-state index contributed by atoms with van der Waals surface area (Å²) in [5.74, 6) is 0.00960. The molecule has 2 aromatic heterocycles. The van der Waals surface area contributed by atoms with Crippen LogP contribution in [0.25, 0.3) is 21.8 Å². The molecule has 244 valence electrons. The van der Waals surface area contributed by atoms with Gasteiger partial charge in [-0.25, -0.2) is 4.39 Å². The normalized spacial score (nSPS) is 13.9. The number of azo groups is 1. The highest BCUT2D eigenvalue weighted by molar-refractivity contribution is 5.95. The maximum atomic E-state index is 15.2. The third-order valence-electron chi connectivity index (χ3n) is 8.17. The Balaban J connectivity index is 1.12. The smallest absolute Gasteiger partial charge is 0.269 e. The highest BCUT2D eigenvalue weighted by Gasteiger charge is 2.16. The second kappa shape index (κ2) is 14.1. The van der Waals surface area contributed by atoms with E-state index in [1.165, 1.54) is 12.1 Å². The Morgan fingerprint density at radius 1 is 1.02 bits per heavy atom. The van der Waals surface area contributed by atoms with Gasteiger partial charge in [-0.3, -0.25) is 14.7 Å². The number of aromatic amines is 1. The van der Waals surface area contributed by atoms with E-state index in [1.54, 1.807) is 37.6 Å². The van der Waals surface area contributed by atoms with Gasteiger partial charge in [-0.05, 0) is 73.4 Å². The molecule has 1 aliphatic rings. The van der Waals surface area contributed by atoms with Crippen LogP contribution < -0.4 is 14.2 Å². The Labute approximate surface area is 270 Å². The number of ether oxygens (including phenoxy) is 4. The lowest BCUT2D eigenvalue weighted by molar-refractivity contribution is -0.117. The summed E-state index contributed by atoms with van der Waals surface area (Å²) < 4.78 is 38.2. The SMILES string of the molecule is COc1cc2c(Oc3ccc(CC(=O)N=Nc4c(O)[nH]c5cc(C)c(C)cc45)cc3F)ccnc2cc1OCCCN1CCOCC1. The van der Waals surface area contributed by atoms with E-state index >= 15 is 4.39 Å². The van der Waals surface area contributed by atoms with Crippen LogP contribution in [0.3, 0.4) is 0 Å². The molecular weight excluding hydrogens is 605 g/mol. The van der Waals surface area contributed by atoms with Crippen molar-refractivity contribution < 1.29 is 33.2 Å². The molecule has 5 aromatic rings. The number of carbonyl (C=O) groups is 1. The van der Waals surface area contributed by atoms with Crippen LogP contribution in [0.4, 0.5) is 10.1 Å². The third-order valence-corrected chi connectivity index (χ3v) is 8.17. The number of fused-ring (bicyclic) bond motifs is 2. The molecule has 3 heterocycles. The van der Waals surface area contributed by atoms with Crippen LogP contribution in [0.5, 0.6) is 28.9 Å². The first-order valence-electron chi connectivity index (χ1n) is 15.4. The highest BCUT2D eigenvalue weighted by atomic mass is 19.1. The molecule has 2 N–H and O–H groups in total. The van der Waals surface area contributed by atoms with E-state index in [2.05, 4.69) is 25.1 Å². The van der Waals surface area contributed by atoms with Crippen LogP contribution in [0, 0.1) is 19.7 Å². The fourth-order valence-electron chi connectivity index (χ4n) is 5.49. The number of hydrogen-bond acceptors (Lipinski definition) is 9. The third kappa shape index (κ3) is 7.34. The Kier molecular flexibility index (Phi) is 9.60. The second-order valence-corrected chi connectivity index (χ2v) is 11.4. The molecule has 1 amide bonds. The Hall–Kier alpha value is -5.07. The van der Waals surface area contributed by atoms with Gasteiger partial charge in [0.2, 0.25) is 5.88 Å². The van der Waals surface area contributed by atoms with Gasteiger partial charge in [0, 0.05) is 42.7 Å². The number of aromatic nitrogens is 2. The summed E-state index contributed by atoms with van der Waals surface area (Å²) in [6.45, 7) is 8.72. The highest BCUT2D eigenvalue weighted by Crippen LogP contribution is 2.39. The summed E-state index contributed by atoms with van der Waals surface area (Å²) in [4.78, 5) is 22.3. The molecule has 11 nitrogen and oxygen atoms in total. The number of aryl methyl sites for hydroxylation is 2. The topological polar surface area (TPSA) is 131 Å². The van der Waals surface area contributed by atoms with Crippen LogP contribution in [0.2, 0.25) is 0 Å². The van der Waals surface area contributed by atoms with E-state index < -0.39 is 11.7 Å². The van der Waals surface area contributed by atoms with Crippen molar-refractivity contribution in [1.82, 2.24) is 14.9 Å². The Morgan fingerprint density at radius 3 is 2.62 bits per heavy atom. The van der Waals surface area contributed by atoms with Crippen molar-refractivity contribution in [1.29, 1.82) is 0 Å². The van der Waals surface area contributed by atoms with Crippen LogP contribution >= 0.6 is 0 Å². The average molecular weight is 642 g/mol. The van der Waals surface area contributed by atoms with Gasteiger partial charge in [-0.2, -0.15) is 0 Å². The van der Waals surface area contributed by atoms with Crippen LogP contribution in [0.1, 0.15) is 23.1 Å². The van der Waals surface area contributed by atoms with Crippen molar-refractivity contribution in [2.75, 3.05) is 46.6 Å². The molecule has 12 heteroatoms. The standard InChI is InChI=1S/C35H36FN5O6/c1-21-15-25-28(16-22(21)2)38-35(43)34(25)40-39-33(42)18-23-5-6-30(26(36)17-23)47-29-7-8-37-27-20-32(31(44-3)19-24(27)29)46-12-4-9-41-10-13-45-14-11-41/h5-8,15-17,19-20,38,43H,4,9-14,18H2,1-3H3. The van der Waals surface area contributed by atoms with Gasteiger partial charge >= 0.3 is 0 Å². The maximum Gasteiger partial charge on any atom is 0.269 e. The summed E-state index contributed by atoms with van der Waals surface area (Å²) >= 11 is 0. The van der Waals surface area contributed by atoms with Gasteiger partial charge in [-0.1, -0.05) is 6.07 Å². The Bertz CT molecular complexity index is 1950. The zero-order valence-electron chi connectivity index (χ0n) is 26.5. The molecule has 0 radical (unpaired) electrons. The molecule has 1 saturated heterocycles. The van der Waals surface area contributed by atoms with Crippen molar-refractivity contribution in [3.05, 3.63) is 77.2 Å². The van der Waals surface area contributed by atoms with Crippen LogP contribution in [-0.4, -0.2) is 72.4 Å². The van der Waals surface area contributed by atoms with E-state index in [9.17, 15) is 9.90 Å². The zero-order chi connectivity index (χ0) is 32.9. The first kappa shape index (κ1) is 31.9. The minimum atomic E-state index is -0.649. The van der Waals surface area contributed by atoms with Gasteiger partial charge in [0.15, 0.2) is 28.8 Å². The number of nitrogens with one attached hydrogen (secondary N) is 1. The number of benzene rings is 3. The molecule has 1 aliphatic heterocycles. The predicted molar refractivity (Wildman–Crippen MR) is 175 cm³/mol. The summed E-state index contributed by atoms with van der Waals surface area (Å²) in [7, 11) is 1.56. The summed E-state index contributed by atoms with van der Waals surface area (Å²) in [6.07, 6.45) is 2.25. The van der Waals surface area contributed by atoms with Gasteiger partial charge in [0.1, 0.15) is 5.75 Å². The summed E-state index contributed by atoms with van der Waals surface area (Å²) in [6, 6.07) is 13.2. The number of hydrogen-bond donors (Lipinski definition) is 2. The number of aromatic hydroxyl groups is 1. The first-order valence-corrected chi connectivity index (χ1v) is 15.4. The number of rotatable bonds is 11. The zero-order valence-corrected chi connectivity index (χ0v) is 26.5. The molecule has 3 aromatic carbocycles. The van der Waals surface area contributed by atoms with E-state index in [0.29, 0.717) is 51.2 Å². The molecule has 1 fully saturated rings. The second-order valence-electron chi connectivity index (χ2n) is 11.4. The fourth-order valence-corrected chi connectivity index (χ4v) is 5.49. The van der Waals surface area contributed by atoms with Crippen molar-refractivity contribution in [2.45, 2.75) is 26.7 Å². The van der Waals surface area contributed by atoms with E-state index in [1.807, 2.05) is 26.0 Å². The van der Waals surface area contributed by atoms with Gasteiger partial charge in [0.05, 0.1) is 44.4 Å². The number of pyridine rings is 1. The van der Waals surface area contributed by atoms with Crippen LogP contribution in [0.15, 0.2) is 65.0 Å². The quantitative estimate of drug-likeness (QED) is 0.117. The lowest BCUT2D eigenvalue weighted by Gasteiger charge is -2.26. The first-order chi connectivity index (χ1) is 22.8. The number of H-pyrrole nitrogens is 1. The molecular formula is C35H36FN5O6. The molecule has 0 unspecified atom stereocenters. The minimum Gasteiger partial charge on any atom is -0.493 e. The predicted octanol–water partition coefficient (Wildman–Crippen LogP) is 6.93. The van der Waals surface area contributed by atoms with Gasteiger partial charge < -0.3 is 29.0 Å². The number of nitrogens with zero attached hydrogens (tertiary/aromatic N) is 4. The lowest BCUT2D eigenvalue weighted by atomic mass is 10.1. The van der Waals surface area contributed by atoms with Crippen molar-refractivity contribution in [2.24, 2.45) is 10.2 Å². The van der Waals surface area contributed by atoms with Gasteiger partial charge in [0.25, 0.3) is 5.91 Å².